The number of rotatable bonds is 3. The van der Waals surface area contributed by atoms with Gasteiger partial charge in [0.05, 0.1) is 0 Å². The highest BCUT2D eigenvalue weighted by molar-refractivity contribution is 7.98. The summed E-state index contributed by atoms with van der Waals surface area (Å²) in [7, 11) is 0. The Morgan fingerprint density at radius 2 is 1.94 bits per heavy atom. The maximum atomic E-state index is 5.67. The molecule has 0 saturated heterocycles. The third kappa shape index (κ3) is 2.46. The molecule has 0 bridgehead atoms. The van der Waals surface area contributed by atoms with Crippen molar-refractivity contribution in [3.8, 4) is 11.6 Å². The van der Waals surface area contributed by atoms with Gasteiger partial charge in [0.2, 0.25) is 5.88 Å². The van der Waals surface area contributed by atoms with Crippen LogP contribution in [0.15, 0.2) is 47.4 Å². The summed E-state index contributed by atoms with van der Waals surface area (Å²) in [6.45, 7) is 0. The zero-order valence-electron chi connectivity index (χ0n) is 8.88. The first kappa shape index (κ1) is 10.8. The van der Waals surface area contributed by atoms with E-state index in [9.17, 15) is 0 Å². The van der Waals surface area contributed by atoms with Gasteiger partial charge in [-0.15, -0.1) is 11.8 Å². The molecule has 82 valence electrons. The van der Waals surface area contributed by atoms with Crippen LogP contribution in [0.5, 0.6) is 11.6 Å². The van der Waals surface area contributed by atoms with E-state index in [2.05, 4.69) is 4.98 Å². The molecule has 1 heterocycles. The Hall–Kier alpha value is -1.68. The van der Waals surface area contributed by atoms with E-state index in [4.69, 9.17) is 10.5 Å². The molecule has 4 heteroatoms. The fourth-order valence-electron chi connectivity index (χ4n) is 1.30. The predicted octanol–water partition coefficient (Wildman–Crippen LogP) is 3.18. The lowest BCUT2D eigenvalue weighted by atomic mass is 10.3. The molecule has 2 aromatic rings. The van der Waals surface area contributed by atoms with E-state index < -0.39 is 0 Å². The first-order valence-electron chi connectivity index (χ1n) is 4.83. The molecule has 0 saturated carbocycles. The van der Waals surface area contributed by atoms with E-state index in [1.807, 2.05) is 36.6 Å². The molecule has 0 fully saturated rings. The highest BCUT2D eigenvalue weighted by atomic mass is 32.2. The third-order valence-electron chi connectivity index (χ3n) is 2.03. The molecule has 0 atom stereocenters. The number of nitrogen functional groups attached to an aromatic ring is 1. The Labute approximate surface area is 98.6 Å². The fourth-order valence-corrected chi connectivity index (χ4v) is 1.83. The van der Waals surface area contributed by atoms with Gasteiger partial charge in [-0.3, -0.25) is 0 Å². The van der Waals surface area contributed by atoms with Crippen molar-refractivity contribution in [3.05, 3.63) is 42.5 Å². The van der Waals surface area contributed by atoms with Crippen LogP contribution in [-0.2, 0) is 0 Å². The monoisotopic (exact) mass is 232 g/mol. The number of para-hydroxylation sites is 1. The van der Waals surface area contributed by atoms with Gasteiger partial charge in [0.15, 0.2) is 0 Å². The molecule has 0 radical (unpaired) electrons. The number of thioether (sulfide) groups is 1. The van der Waals surface area contributed by atoms with Crippen LogP contribution in [0.25, 0.3) is 0 Å². The molecule has 1 aromatic heterocycles. The molecule has 2 rings (SSSR count). The molecule has 0 amide bonds. The number of pyridine rings is 1. The number of benzene rings is 1. The average Bonchev–Trinajstić information content (AvgIpc) is 2.30. The number of ether oxygens (including phenoxy) is 1. The third-order valence-corrected chi connectivity index (χ3v) is 2.81. The van der Waals surface area contributed by atoms with Crippen LogP contribution < -0.4 is 10.5 Å². The summed E-state index contributed by atoms with van der Waals surface area (Å²) in [5.74, 6) is 1.77. The number of anilines is 1. The molecule has 3 nitrogen and oxygen atoms in total. The van der Waals surface area contributed by atoms with Crippen molar-refractivity contribution in [1.82, 2.24) is 4.98 Å². The first-order chi connectivity index (χ1) is 7.79. The Morgan fingerprint density at radius 1 is 1.12 bits per heavy atom. The molecule has 2 N–H and O–H groups in total. The van der Waals surface area contributed by atoms with E-state index >= 15 is 0 Å². The zero-order chi connectivity index (χ0) is 11.4. The van der Waals surface area contributed by atoms with Crippen LogP contribution in [-0.4, -0.2) is 11.2 Å². The summed E-state index contributed by atoms with van der Waals surface area (Å²) in [5, 5.41) is 0. The van der Waals surface area contributed by atoms with Gasteiger partial charge in [-0.05, 0) is 24.5 Å². The number of hydrogen-bond donors (Lipinski definition) is 1. The van der Waals surface area contributed by atoms with Crippen molar-refractivity contribution in [2.45, 2.75) is 4.90 Å². The highest BCUT2D eigenvalue weighted by Gasteiger charge is 2.03. The van der Waals surface area contributed by atoms with Gasteiger partial charge >= 0.3 is 0 Å². The molecule has 0 aliphatic rings. The standard InChI is InChI=1S/C12H12N2OS/c1-16-10-6-3-2-5-9(10)15-12-8-4-7-11(13)14-12/h2-8H,1H3,(H2,13,14). The molecule has 0 aliphatic heterocycles. The number of hydrogen-bond acceptors (Lipinski definition) is 4. The summed E-state index contributed by atoms with van der Waals surface area (Å²) >= 11 is 1.63. The minimum atomic E-state index is 0.458. The maximum absolute atomic E-state index is 5.67. The Kier molecular flexibility index (Phi) is 3.31. The van der Waals surface area contributed by atoms with Gasteiger partial charge in [0, 0.05) is 11.0 Å². The van der Waals surface area contributed by atoms with Crippen LogP contribution in [0.1, 0.15) is 0 Å². The Balaban J connectivity index is 2.26. The van der Waals surface area contributed by atoms with Crippen molar-refractivity contribution in [1.29, 1.82) is 0 Å². The van der Waals surface area contributed by atoms with Crippen molar-refractivity contribution in [2.75, 3.05) is 12.0 Å². The fraction of sp³-hybridized carbons (Fsp3) is 0.0833. The maximum Gasteiger partial charge on any atom is 0.221 e. The Bertz CT molecular complexity index is 488. The van der Waals surface area contributed by atoms with Gasteiger partial charge < -0.3 is 10.5 Å². The van der Waals surface area contributed by atoms with E-state index in [-0.39, 0.29) is 0 Å². The molecular formula is C12H12N2OS. The quantitative estimate of drug-likeness (QED) is 0.826. The predicted molar refractivity (Wildman–Crippen MR) is 66.9 cm³/mol. The molecule has 0 unspecified atom stereocenters. The summed E-state index contributed by atoms with van der Waals surface area (Å²) < 4.78 is 5.67. The molecule has 1 aromatic carbocycles. The second kappa shape index (κ2) is 4.90. The van der Waals surface area contributed by atoms with Crippen LogP contribution in [0.2, 0.25) is 0 Å². The second-order valence-corrected chi connectivity index (χ2v) is 4.00. The van der Waals surface area contributed by atoms with Crippen LogP contribution in [0.3, 0.4) is 0 Å². The lowest BCUT2D eigenvalue weighted by Gasteiger charge is -2.08. The van der Waals surface area contributed by atoms with Crippen molar-refractivity contribution < 1.29 is 4.74 Å². The van der Waals surface area contributed by atoms with E-state index in [0.29, 0.717) is 11.7 Å². The van der Waals surface area contributed by atoms with Crippen LogP contribution in [0.4, 0.5) is 5.82 Å². The molecule has 0 spiro atoms. The van der Waals surface area contributed by atoms with Crippen molar-refractivity contribution in [3.63, 3.8) is 0 Å². The SMILES string of the molecule is CSc1ccccc1Oc1cccc(N)n1. The van der Waals surface area contributed by atoms with E-state index in [1.54, 1.807) is 23.9 Å². The average molecular weight is 232 g/mol. The van der Waals surface area contributed by atoms with Crippen LogP contribution >= 0.6 is 11.8 Å². The smallest absolute Gasteiger partial charge is 0.221 e. The minimum absolute atomic E-state index is 0.458. The topological polar surface area (TPSA) is 48.1 Å². The van der Waals surface area contributed by atoms with Gasteiger partial charge in [-0.25, -0.2) is 0 Å². The summed E-state index contributed by atoms with van der Waals surface area (Å²) in [6.07, 6.45) is 2.01. The van der Waals surface area contributed by atoms with Crippen molar-refractivity contribution >= 4 is 17.6 Å². The second-order valence-electron chi connectivity index (χ2n) is 3.15. The summed E-state index contributed by atoms with van der Waals surface area (Å²) in [4.78, 5) is 5.17. The number of aromatic nitrogens is 1. The largest absolute Gasteiger partial charge is 0.438 e. The highest BCUT2D eigenvalue weighted by Crippen LogP contribution is 2.30. The van der Waals surface area contributed by atoms with E-state index in [0.717, 1.165) is 10.6 Å². The van der Waals surface area contributed by atoms with E-state index in [1.165, 1.54) is 0 Å². The number of nitrogens with zero attached hydrogens (tertiary/aromatic N) is 1. The lowest BCUT2D eigenvalue weighted by molar-refractivity contribution is 0.453. The minimum Gasteiger partial charge on any atom is -0.438 e. The van der Waals surface area contributed by atoms with Crippen LogP contribution in [0, 0.1) is 0 Å². The first-order valence-corrected chi connectivity index (χ1v) is 6.05. The van der Waals surface area contributed by atoms with Crippen molar-refractivity contribution in [2.24, 2.45) is 0 Å². The summed E-state index contributed by atoms with van der Waals surface area (Å²) in [5.41, 5.74) is 5.59. The molecule has 0 aliphatic carbocycles. The number of nitrogens with two attached hydrogens (primary N) is 1. The normalized spacial score (nSPS) is 10.1. The van der Waals surface area contributed by atoms with Gasteiger partial charge in [-0.1, -0.05) is 18.2 Å². The summed E-state index contributed by atoms with van der Waals surface area (Å²) in [6, 6.07) is 13.2. The van der Waals surface area contributed by atoms with Gasteiger partial charge in [-0.2, -0.15) is 4.98 Å². The zero-order valence-corrected chi connectivity index (χ0v) is 9.70. The van der Waals surface area contributed by atoms with Gasteiger partial charge in [0.25, 0.3) is 0 Å². The molecule has 16 heavy (non-hydrogen) atoms. The van der Waals surface area contributed by atoms with Gasteiger partial charge in [0.1, 0.15) is 11.6 Å². The lowest BCUT2D eigenvalue weighted by Crippen LogP contribution is -1.93. The Morgan fingerprint density at radius 3 is 2.69 bits per heavy atom. The molecular weight excluding hydrogens is 220 g/mol.